The molecular formula is C24H25NO3S. The maximum absolute atomic E-state index is 11.2. The number of thioether (sulfide) groups is 1. The van der Waals surface area contributed by atoms with Gasteiger partial charge in [0.15, 0.2) is 0 Å². The summed E-state index contributed by atoms with van der Waals surface area (Å²) in [6.45, 7) is 0. The smallest absolute Gasteiger partial charge is 0.320 e. The minimum Gasteiger partial charge on any atom is -0.497 e. The van der Waals surface area contributed by atoms with Crippen molar-refractivity contribution in [1.29, 1.82) is 0 Å². The van der Waals surface area contributed by atoms with E-state index in [1.54, 1.807) is 18.9 Å². The van der Waals surface area contributed by atoms with Crippen molar-refractivity contribution < 1.29 is 14.6 Å². The van der Waals surface area contributed by atoms with E-state index in [4.69, 9.17) is 10.5 Å². The molecule has 0 fully saturated rings. The quantitative estimate of drug-likeness (QED) is 0.510. The van der Waals surface area contributed by atoms with Crippen LogP contribution in [-0.2, 0) is 9.54 Å². The number of rotatable bonds is 9. The molecule has 0 aliphatic carbocycles. The van der Waals surface area contributed by atoms with Crippen LogP contribution in [0.1, 0.15) is 23.1 Å². The van der Waals surface area contributed by atoms with E-state index in [0.29, 0.717) is 12.2 Å². The number of ether oxygens (including phenoxy) is 1. The van der Waals surface area contributed by atoms with Crippen molar-refractivity contribution in [3.8, 4) is 5.75 Å². The minimum absolute atomic E-state index is 0.386. The molecule has 0 aliphatic heterocycles. The number of nitrogens with two attached hydrogens (primary N) is 1. The molecule has 0 saturated carbocycles. The molecule has 0 unspecified atom stereocenters. The van der Waals surface area contributed by atoms with Crippen LogP contribution < -0.4 is 10.5 Å². The SMILES string of the molecule is COc1ccc(C(SCC[C@H](N)C(=O)O)(c2ccccc2)c2ccccc2)cc1. The van der Waals surface area contributed by atoms with E-state index < -0.39 is 16.8 Å². The average Bonchev–Trinajstić information content (AvgIpc) is 2.78. The van der Waals surface area contributed by atoms with Crippen LogP contribution in [0.25, 0.3) is 0 Å². The predicted molar refractivity (Wildman–Crippen MR) is 118 cm³/mol. The zero-order valence-electron chi connectivity index (χ0n) is 16.3. The van der Waals surface area contributed by atoms with Gasteiger partial charge in [-0.2, -0.15) is 0 Å². The molecule has 0 bridgehead atoms. The largest absolute Gasteiger partial charge is 0.497 e. The Morgan fingerprint density at radius 1 is 0.931 bits per heavy atom. The first-order valence-electron chi connectivity index (χ1n) is 9.46. The van der Waals surface area contributed by atoms with Crippen molar-refractivity contribution in [1.82, 2.24) is 0 Å². The Bertz CT molecular complexity index is 874. The molecule has 0 saturated heterocycles. The summed E-state index contributed by atoms with van der Waals surface area (Å²) in [6.07, 6.45) is 0.386. The molecule has 0 amide bonds. The molecule has 0 radical (unpaired) electrons. The molecule has 3 rings (SSSR count). The third kappa shape index (κ3) is 4.63. The second-order valence-electron chi connectivity index (χ2n) is 6.72. The molecule has 5 heteroatoms. The van der Waals surface area contributed by atoms with Gasteiger partial charge < -0.3 is 15.6 Å². The van der Waals surface area contributed by atoms with Crippen LogP contribution in [0.4, 0.5) is 0 Å². The Balaban J connectivity index is 2.12. The second kappa shape index (κ2) is 9.63. The number of carbonyl (C=O) groups is 1. The van der Waals surface area contributed by atoms with Crippen LogP contribution >= 0.6 is 11.8 Å². The molecule has 0 aromatic heterocycles. The maximum atomic E-state index is 11.2. The highest BCUT2D eigenvalue weighted by Gasteiger charge is 2.37. The van der Waals surface area contributed by atoms with Gasteiger partial charge in [0.1, 0.15) is 11.8 Å². The fourth-order valence-electron chi connectivity index (χ4n) is 3.38. The number of hydrogen-bond acceptors (Lipinski definition) is 4. The van der Waals surface area contributed by atoms with Gasteiger partial charge in [0.25, 0.3) is 0 Å². The van der Waals surface area contributed by atoms with Crippen LogP contribution in [0, 0.1) is 0 Å². The molecule has 0 aliphatic rings. The first-order chi connectivity index (χ1) is 14.1. The first-order valence-corrected chi connectivity index (χ1v) is 10.4. The van der Waals surface area contributed by atoms with Crippen LogP contribution in [0.2, 0.25) is 0 Å². The molecule has 0 heterocycles. The number of carboxylic acid groups (broad SMARTS) is 1. The van der Waals surface area contributed by atoms with Gasteiger partial charge in [-0.05, 0) is 41.0 Å². The van der Waals surface area contributed by atoms with Crippen molar-refractivity contribution in [3.63, 3.8) is 0 Å². The third-order valence-electron chi connectivity index (χ3n) is 4.92. The van der Waals surface area contributed by atoms with Gasteiger partial charge in [-0.25, -0.2) is 0 Å². The summed E-state index contributed by atoms with van der Waals surface area (Å²) in [5.41, 5.74) is 9.13. The Morgan fingerprint density at radius 2 is 1.41 bits per heavy atom. The predicted octanol–water partition coefficient (Wildman–Crippen LogP) is 4.52. The lowest BCUT2D eigenvalue weighted by Crippen LogP contribution is -2.32. The van der Waals surface area contributed by atoms with Crippen molar-refractivity contribution in [3.05, 3.63) is 102 Å². The van der Waals surface area contributed by atoms with E-state index in [1.165, 1.54) is 0 Å². The van der Waals surface area contributed by atoms with Gasteiger partial charge in [0.2, 0.25) is 0 Å². The summed E-state index contributed by atoms with van der Waals surface area (Å²) in [5.74, 6) is 0.422. The molecule has 1 atom stereocenters. The Hall–Kier alpha value is -2.76. The second-order valence-corrected chi connectivity index (χ2v) is 8.03. The summed E-state index contributed by atoms with van der Waals surface area (Å²) in [4.78, 5) is 11.2. The number of carboxylic acids is 1. The lowest BCUT2D eigenvalue weighted by Gasteiger charge is -2.35. The first kappa shape index (κ1) is 21.0. The maximum Gasteiger partial charge on any atom is 0.320 e. The summed E-state index contributed by atoms with van der Waals surface area (Å²) in [6, 6.07) is 27.7. The van der Waals surface area contributed by atoms with E-state index in [0.717, 1.165) is 22.4 Å². The molecule has 3 aromatic carbocycles. The Kier molecular flexibility index (Phi) is 6.96. The third-order valence-corrected chi connectivity index (χ3v) is 6.50. The molecule has 4 nitrogen and oxygen atoms in total. The van der Waals surface area contributed by atoms with Crippen molar-refractivity contribution in [2.24, 2.45) is 5.73 Å². The van der Waals surface area contributed by atoms with E-state index in [-0.39, 0.29) is 0 Å². The summed E-state index contributed by atoms with van der Waals surface area (Å²) in [5, 5.41) is 9.17. The molecule has 3 N–H and O–H groups in total. The van der Waals surface area contributed by atoms with Gasteiger partial charge in [-0.3, -0.25) is 4.79 Å². The van der Waals surface area contributed by atoms with Gasteiger partial charge in [0.05, 0.1) is 11.9 Å². The lowest BCUT2D eigenvalue weighted by atomic mass is 9.84. The molecule has 3 aromatic rings. The van der Waals surface area contributed by atoms with Crippen molar-refractivity contribution in [2.75, 3.05) is 12.9 Å². The summed E-state index contributed by atoms with van der Waals surface area (Å²) in [7, 11) is 1.65. The van der Waals surface area contributed by atoms with E-state index >= 15 is 0 Å². The molecular weight excluding hydrogens is 382 g/mol. The Labute approximate surface area is 175 Å². The van der Waals surface area contributed by atoms with Gasteiger partial charge in [-0.1, -0.05) is 72.8 Å². The molecule has 0 spiro atoms. The summed E-state index contributed by atoms with van der Waals surface area (Å²) >= 11 is 1.70. The lowest BCUT2D eigenvalue weighted by molar-refractivity contribution is -0.138. The van der Waals surface area contributed by atoms with E-state index in [9.17, 15) is 9.90 Å². The number of methoxy groups -OCH3 is 1. The fourth-order valence-corrected chi connectivity index (χ4v) is 4.97. The molecule has 150 valence electrons. The average molecular weight is 408 g/mol. The zero-order valence-corrected chi connectivity index (χ0v) is 17.1. The number of hydrogen-bond donors (Lipinski definition) is 2. The van der Waals surface area contributed by atoms with Gasteiger partial charge in [-0.15, -0.1) is 11.8 Å². The highest BCUT2D eigenvalue weighted by molar-refractivity contribution is 8.00. The van der Waals surface area contributed by atoms with Crippen LogP contribution in [0.3, 0.4) is 0 Å². The molecule has 29 heavy (non-hydrogen) atoms. The zero-order chi connectivity index (χ0) is 20.7. The summed E-state index contributed by atoms with van der Waals surface area (Å²) < 4.78 is 4.85. The van der Waals surface area contributed by atoms with E-state index in [1.807, 2.05) is 48.5 Å². The highest BCUT2D eigenvalue weighted by atomic mass is 32.2. The Morgan fingerprint density at radius 3 is 1.86 bits per heavy atom. The van der Waals surface area contributed by atoms with Crippen LogP contribution in [0.15, 0.2) is 84.9 Å². The van der Waals surface area contributed by atoms with Crippen LogP contribution in [-0.4, -0.2) is 30.0 Å². The fraction of sp³-hybridized carbons (Fsp3) is 0.208. The van der Waals surface area contributed by atoms with Gasteiger partial charge in [0, 0.05) is 0 Å². The van der Waals surface area contributed by atoms with Crippen molar-refractivity contribution in [2.45, 2.75) is 17.2 Å². The highest BCUT2D eigenvalue weighted by Crippen LogP contribution is 2.49. The monoisotopic (exact) mass is 407 g/mol. The minimum atomic E-state index is -0.972. The van der Waals surface area contributed by atoms with E-state index in [2.05, 4.69) is 36.4 Å². The number of benzene rings is 3. The normalized spacial score (nSPS) is 12.3. The van der Waals surface area contributed by atoms with Crippen LogP contribution in [0.5, 0.6) is 5.75 Å². The standard InChI is InChI=1S/C24H25NO3S/c1-28-21-14-12-20(13-15-21)24(18-8-4-2-5-9-18,19-10-6-3-7-11-19)29-17-16-22(25)23(26)27/h2-15,22H,16-17,25H2,1H3,(H,26,27)/t22-/m0/s1. The topological polar surface area (TPSA) is 72.5 Å². The van der Waals surface area contributed by atoms with Gasteiger partial charge >= 0.3 is 5.97 Å². The van der Waals surface area contributed by atoms with Crippen molar-refractivity contribution >= 4 is 17.7 Å². The number of aliphatic carboxylic acids is 1.